The highest BCUT2D eigenvalue weighted by molar-refractivity contribution is 5.99. The number of likely N-dealkylation sites (tertiary alicyclic amines) is 1. The van der Waals surface area contributed by atoms with Gasteiger partial charge in [-0.05, 0) is 56.4 Å². The number of aliphatic carboxylic acids is 3. The Morgan fingerprint density at radius 3 is 1.60 bits per heavy atom. The number of carbonyl (C=O) groups excluding carboxylic acids is 10. The fourth-order valence-corrected chi connectivity index (χ4v) is 8.93. The van der Waals surface area contributed by atoms with Gasteiger partial charge in [-0.15, -0.1) is 0 Å². The minimum atomic E-state index is -1.77. The van der Waals surface area contributed by atoms with Crippen LogP contribution in [-0.4, -0.2) is 228 Å². The van der Waals surface area contributed by atoms with Gasteiger partial charge in [0.25, 0.3) is 0 Å². The lowest BCUT2D eigenvalue weighted by atomic mass is 10.0. The molecule has 0 saturated carbocycles. The van der Waals surface area contributed by atoms with Crippen LogP contribution in [0.3, 0.4) is 0 Å². The van der Waals surface area contributed by atoms with Crippen molar-refractivity contribution in [2.45, 2.75) is 145 Å². The maximum Gasteiger partial charge on any atom is 0.326 e. The molecule has 88 heavy (non-hydrogen) atoms. The van der Waals surface area contributed by atoms with Crippen LogP contribution in [0.15, 0.2) is 47.8 Å². The van der Waals surface area contributed by atoms with E-state index in [1.54, 1.807) is 44.2 Å². The number of carboxylic acids is 3. The number of aromatic amines is 1. The van der Waals surface area contributed by atoms with E-state index in [-0.39, 0.29) is 69.2 Å². The predicted octanol–water partition coefficient (Wildman–Crippen LogP) is -7.60. The van der Waals surface area contributed by atoms with Gasteiger partial charge in [0.1, 0.15) is 60.4 Å². The second-order valence-corrected chi connectivity index (χ2v) is 20.8. The van der Waals surface area contributed by atoms with Crippen molar-refractivity contribution >= 4 is 82.9 Å². The number of amides is 10. The van der Waals surface area contributed by atoms with Gasteiger partial charge < -0.3 is 106 Å². The number of aromatic nitrogens is 2. The van der Waals surface area contributed by atoms with Gasteiger partial charge in [-0.25, -0.2) is 9.78 Å². The maximum absolute atomic E-state index is 14.3. The molecule has 0 bridgehead atoms. The molecule has 0 unspecified atom stereocenters. The summed E-state index contributed by atoms with van der Waals surface area (Å²) in [6.45, 7) is -0.237. The molecule has 10 atom stereocenters. The number of nitrogens with zero attached hydrogens (tertiary/aromatic N) is 3. The van der Waals surface area contributed by atoms with E-state index in [1.807, 2.05) is 0 Å². The molecule has 35 nitrogen and oxygen atoms in total. The Morgan fingerprint density at radius 2 is 1.09 bits per heavy atom. The molecule has 10 amide bonds. The molecule has 1 aliphatic heterocycles. The Hall–Kier alpha value is -9.35. The topological polar surface area (TPSA) is 574 Å². The fourth-order valence-electron chi connectivity index (χ4n) is 8.93. The van der Waals surface area contributed by atoms with Crippen LogP contribution >= 0.6 is 0 Å². The zero-order valence-electron chi connectivity index (χ0n) is 48.5. The van der Waals surface area contributed by atoms with Gasteiger partial charge in [0.15, 0.2) is 5.96 Å². The molecular weight excluding hydrogens is 1160 g/mol. The first-order valence-electron chi connectivity index (χ1n) is 28.0. The van der Waals surface area contributed by atoms with Crippen LogP contribution in [0.25, 0.3) is 0 Å². The van der Waals surface area contributed by atoms with E-state index in [4.69, 9.17) is 17.2 Å². The Bertz CT molecular complexity index is 2750. The number of aliphatic hydroxyl groups is 3. The number of nitrogens with two attached hydrogens (primary N) is 3. The van der Waals surface area contributed by atoms with Crippen LogP contribution < -0.4 is 65.1 Å². The van der Waals surface area contributed by atoms with E-state index >= 15 is 0 Å². The van der Waals surface area contributed by atoms with Crippen molar-refractivity contribution in [3.63, 3.8) is 0 Å². The third-order valence-corrected chi connectivity index (χ3v) is 13.5. The number of carbonyl (C=O) groups is 13. The third-order valence-electron chi connectivity index (χ3n) is 13.5. The summed E-state index contributed by atoms with van der Waals surface area (Å²) >= 11 is 0. The largest absolute Gasteiger partial charge is 0.481 e. The summed E-state index contributed by atoms with van der Waals surface area (Å²) in [5, 5.41) is 80.5. The Labute approximate surface area is 503 Å². The quantitative estimate of drug-likeness (QED) is 0.0168. The number of benzene rings is 1. The second kappa shape index (κ2) is 37.3. The summed E-state index contributed by atoms with van der Waals surface area (Å²) in [5.41, 5.74) is 16.6. The lowest BCUT2D eigenvalue weighted by molar-refractivity contribution is -0.144. The monoisotopic (exact) mass is 1240 g/mol. The number of carboxylic acid groups (broad SMARTS) is 3. The summed E-state index contributed by atoms with van der Waals surface area (Å²) in [4.78, 5) is 184. The second-order valence-electron chi connectivity index (χ2n) is 20.8. The van der Waals surface area contributed by atoms with Crippen LogP contribution in [0.2, 0.25) is 0 Å². The van der Waals surface area contributed by atoms with Crippen molar-refractivity contribution in [2.24, 2.45) is 28.1 Å². The van der Waals surface area contributed by atoms with Gasteiger partial charge in [0.05, 0.1) is 32.7 Å². The van der Waals surface area contributed by atoms with Crippen molar-refractivity contribution < 1.29 is 93.0 Å². The third kappa shape index (κ3) is 24.9. The molecule has 1 saturated heterocycles. The zero-order valence-corrected chi connectivity index (χ0v) is 48.5. The average molecular weight is 1250 g/mol. The van der Waals surface area contributed by atoms with Crippen LogP contribution in [0.5, 0.6) is 0 Å². The number of hydrogen-bond acceptors (Lipinski definition) is 19. The predicted molar refractivity (Wildman–Crippen MR) is 306 cm³/mol. The van der Waals surface area contributed by atoms with E-state index in [0.717, 1.165) is 4.90 Å². The first-order chi connectivity index (χ1) is 41.7. The van der Waals surface area contributed by atoms with Gasteiger partial charge >= 0.3 is 17.9 Å². The Balaban J connectivity index is 1.86. The van der Waals surface area contributed by atoms with E-state index in [2.05, 4.69) is 62.8 Å². The molecule has 1 aromatic carbocycles. The molecule has 1 aliphatic rings. The van der Waals surface area contributed by atoms with Crippen LogP contribution in [0.1, 0.15) is 82.9 Å². The summed E-state index contributed by atoms with van der Waals surface area (Å²) in [7, 11) is 0. The smallest absolute Gasteiger partial charge is 0.326 e. The lowest BCUT2D eigenvalue weighted by Gasteiger charge is -2.31. The Morgan fingerprint density at radius 1 is 0.614 bits per heavy atom. The average Bonchev–Trinajstić information content (AvgIpc) is 4.31. The summed E-state index contributed by atoms with van der Waals surface area (Å²) < 4.78 is 0. The highest BCUT2D eigenvalue weighted by Gasteiger charge is 2.41. The maximum atomic E-state index is 14.3. The lowest BCUT2D eigenvalue weighted by Crippen LogP contribution is -2.61. The number of H-pyrrole nitrogens is 1. The minimum Gasteiger partial charge on any atom is -0.481 e. The van der Waals surface area contributed by atoms with Crippen molar-refractivity contribution in [1.82, 2.24) is 62.7 Å². The Kier molecular flexibility index (Phi) is 30.9. The van der Waals surface area contributed by atoms with Gasteiger partial charge in [-0.2, -0.15) is 0 Å². The van der Waals surface area contributed by atoms with E-state index in [0.29, 0.717) is 5.56 Å². The standard InChI is InChI=1S/C53H80N16O19/c1-27(2)18-33(64-46(81)34(19-28-8-4-3-5-9-28)65-49(84)37(24-71)67-48(83)36(23-70)60-40(73)21-54)45(80)68-38(25-72)51(86)69-17-7-11-39(69)50(85)62-31(13-15-42(76)77)44(79)66-35(20-29-22-57-26-59-29)47(82)61-30(12-14-41(74)75)43(78)63-32(52(87)88)10-6-16-58-53(55)56/h3-5,8-9,22,26-27,30-39,70-72H,6-7,10-21,23-25,54H2,1-2H3,(H,57,59)(H,60,73)(H,61,82)(H,62,85)(H,63,78)(H,64,81)(H,65,84)(H,66,79)(H,67,83)(H,68,80)(H,74,75)(H,76,77)(H,87,88)(H4,55,56,58)/t30-,31-,32-,33-,34-,35-,36-,37-,38-,39-/m0/s1. The molecule has 3 rings (SSSR count). The normalized spacial score (nSPS) is 15.8. The molecule has 0 radical (unpaired) electrons. The van der Waals surface area contributed by atoms with Crippen LogP contribution in [0, 0.1) is 5.92 Å². The molecule has 486 valence electrons. The van der Waals surface area contributed by atoms with Gasteiger partial charge in [-0.3, -0.25) is 62.5 Å². The minimum absolute atomic E-state index is 0.000880. The molecule has 1 aromatic heterocycles. The SMILES string of the molecule is CC(C)C[C@H](NC(=O)[C@H](Cc1ccccc1)NC(=O)[C@H](CO)NC(=O)[C@H](CO)NC(=O)CN)C(=O)N[C@@H](CO)C(=O)N1CCC[C@H]1C(=O)N[C@@H](CCC(=O)O)C(=O)N[C@@H](Cc1cnc[nH]1)C(=O)N[C@@H](CCC(=O)O)C(=O)N[C@@H](CCCN=C(N)N)C(=O)O. The van der Waals surface area contributed by atoms with E-state index in [1.165, 1.54) is 12.5 Å². The summed E-state index contributed by atoms with van der Waals surface area (Å²) in [5.74, 6) is -15.2. The van der Waals surface area contributed by atoms with Gasteiger partial charge in [-0.1, -0.05) is 44.2 Å². The number of hydrogen-bond donors (Lipinski definition) is 19. The van der Waals surface area contributed by atoms with Crippen molar-refractivity contribution in [2.75, 3.05) is 39.5 Å². The number of rotatable bonds is 39. The fraction of sp³-hybridized carbons (Fsp3) is 0.566. The number of aliphatic imine (C=N–C) groups is 1. The molecular formula is C53H80N16O19. The van der Waals surface area contributed by atoms with E-state index in [9.17, 15) is 93.0 Å². The molecule has 0 aliphatic carbocycles. The molecule has 22 N–H and O–H groups in total. The first-order valence-corrected chi connectivity index (χ1v) is 28.0. The highest BCUT2D eigenvalue weighted by atomic mass is 16.4. The van der Waals surface area contributed by atoms with Crippen molar-refractivity contribution in [3.8, 4) is 0 Å². The van der Waals surface area contributed by atoms with Crippen LogP contribution in [-0.2, 0) is 75.2 Å². The molecule has 35 heteroatoms. The number of guanidine groups is 1. The number of imidazole rings is 1. The molecule has 0 spiro atoms. The summed E-state index contributed by atoms with van der Waals surface area (Å²) in [6.07, 6.45) is -0.733. The molecule has 1 fully saturated rings. The van der Waals surface area contributed by atoms with Crippen LogP contribution in [0.4, 0.5) is 0 Å². The molecule has 2 heterocycles. The zero-order chi connectivity index (χ0) is 65.6. The highest BCUT2D eigenvalue weighted by Crippen LogP contribution is 2.20. The molecule has 2 aromatic rings. The first kappa shape index (κ1) is 72.9. The van der Waals surface area contributed by atoms with E-state index < -0.39 is 196 Å². The van der Waals surface area contributed by atoms with Crippen molar-refractivity contribution in [1.29, 1.82) is 0 Å². The van der Waals surface area contributed by atoms with Crippen molar-refractivity contribution in [3.05, 3.63) is 54.1 Å². The number of aliphatic hydroxyl groups excluding tert-OH is 3. The summed E-state index contributed by atoms with van der Waals surface area (Å²) in [6, 6.07) is -7.88. The number of nitrogens with one attached hydrogen (secondary N) is 10. The van der Waals surface area contributed by atoms with Gasteiger partial charge in [0.2, 0.25) is 59.1 Å². The van der Waals surface area contributed by atoms with Gasteiger partial charge in [0, 0.05) is 50.7 Å².